The Bertz CT molecular complexity index is 576. The van der Waals surface area contributed by atoms with Gasteiger partial charge >= 0.3 is 0 Å². The lowest BCUT2D eigenvalue weighted by atomic mass is 10.0. The van der Waals surface area contributed by atoms with Gasteiger partial charge in [0.2, 0.25) is 0 Å². The van der Waals surface area contributed by atoms with Crippen LogP contribution in [0.5, 0.6) is 0 Å². The summed E-state index contributed by atoms with van der Waals surface area (Å²) in [6.45, 7) is 0. The highest BCUT2D eigenvalue weighted by Crippen LogP contribution is 2.38. The molecule has 1 aliphatic rings. The summed E-state index contributed by atoms with van der Waals surface area (Å²) in [5, 5.41) is 9.01. The minimum absolute atomic E-state index is 0.753. The maximum atomic E-state index is 9.01. The van der Waals surface area contributed by atoms with E-state index in [1.807, 2.05) is 24.3 Å². The summed E-state index contributed by atoms with van der Waals surface area (Å²) >= 11 is 0. The maximum absolute atomic E-state index is 9.01. The van der Waals surface area contributed by atoms with Gasteiger partial charge < -0.3 is 0 Å². The third-order valence-electron chi connectivity index (χ3n) is 2.78. The smallest absolute Gasteiger partial charge is 0.0994 e. The minimum Gasteiger partial charge on any atom is -0.192 e. The molecule has 0 aliphatic heterocycles. The van der Waals surface area contributed by atoms with Crippen LogP contribution in [0.15, 0.2) is 42.5 Å². The zero-order valence-electron chi connectivity index (χ0n) is 8.07. The first kappa shape index (κ1) is 8.26. The first-order valence-electron chi connectivity index (χ1n) is 4.87. The SMILES string of the molecule is N#Cc1cccc2c1[CH]c1ccccc1-2. The molecule has 1 aliphatic carbocycles. The Hall–Kier alpha value is -2.07. The van der Waals surface area contributed by atoms with Gasteiger partial charge in [0, 0.05) is 6.42 Å². The lowest BCUT2D eigenvalue weighted by molar-refractivity contribution is 1.44. The number of benzene rings is 2. The van der Waals surface area contributed by atoms with Gasteiger partial charge in [0.15, 0.2) is 0 Å². The Morgan fingerprint density at radius 1 is 0.867 bits per heavy atom. The minimum atomic E-state index is 0.753. The quantitative estimate of drug-likeness (QED) is 0.534. The molecule has 2 aromatic rings. The van der Waals surface area contributed by atoms with E-state index in [0.717, 1.165) is 11.1 Å². The van der Waals surface area contributed by atoms with Crippen LogP contribution in [0.2, 0.25) is 0 Å². The van der Waals surface area contributed by atoms with Gasteiger partial charge in [-0.15, -0.1) is 0 Å². The molecule has 1 nitrogen and oxygen atoms in total. The van der Waals surface area contributed by atoms with Crippen LogP contribution in [-0.4, -0.2) is 0 Å². The summed E-state index contributed by atoms with van der Waals surface area (Å²) in [6, 6.07) is 16.3. The van der Waals surface area contributed by atoms with Crippen LogP contribution in [0.1, 0.15) is 16.7 Å². The van der Waals surface area contributed by atoms with Gasteiger partial charge in [-0.05, 0) is 28.3 Å². The number of nitrogens with zero attached hydrogens (tertiary/aromatic N) is 1. The molecular formula is C14H8N. The fourth-order valence-electron chi connectivity index (χ4n) is 2.08. The summed E-state index contributed by atoms with van der Waals surface area (Å²) in [7, 11) is 0. The van der Waals surface area contributed by atoms with Crippen LogP contribution in [0.4, 0.5) is 0 Å². The predicted octanol–water partition coefficient (Wildman–Crippen LogP) is 3.14. The standard InChI is InChI=1S/C14H8N/c15-9-11-5-3-7-13-12-6-2-1-4-10(12)8-14(11)13/h1-8H. The normalized spacial score (nSPS) is 11.7. The van der Waals surface area contributed by atoms with Gasteiger partial charge in [-0.1, -0.05) is 36.4 Å². The number of hydrogen-bond donors (Lipinski definition) is 0. The van der Waals surface area contributed by atoms with Crippen molar-refractivity contribution in [1.82, 2.24) is 0 Å². The molecule has 0 atom stereocenters. The largest absolute Gasteiger partial charge is 0.192 e. The Balaban J connectivity index is 2.32. The topological polar surface area (TPSA) is 23.8 Å². The molecule has 0 bridgehead atoms. The van der Waals surface area contributed by atoms with Crippen LogP contribution in [0.3, 0.4) is 0 Å². The molecule has 0 saturated heterocycles. The molecule has 2 aromatic carbocycles. The Morgan fingerprint density at radius 3 is 2.53 bits per heavy atom. The van der Waals surface area contributed by atoms with Crippen LogP contribution < -0.4 is 0 Å². The van der Waals surface area contributed by atoms with Crippen molar-refractivity contribution < 1.29 is 0 Å². The summed E-state index contributed by atoms with van der Waals surface area (Å²) in [5.74, 6) is 0. The Labute approximate surface area is 88.6 Å². The first-order valence-corrected chi connectivity index (χ1v) is 4.87. The van der Waals surface area contributed by atoms with Crippen LogP contribution in [0, 0.1) is 17.8 Å². The number of hydrogen-bond acceptors (Lipinski definition) is 1. The molecule has 0 unspecified atom stereocenters. The van der Waals surface area contributed by atoms with E-state index in [2.05, 4.69) is 30.7 Å². The van der Waals surface area contributed by atoms with Crippen molar-refractivity contribution in [2.75, 3.05) is 0 Å². The monoisotopic (exact) mass is 190 g/mol. The maximum Gasteiger partial charge on any atom is 0.0994 e. The van der Waals surface area contributed by atoms with E-state index < -0.39 is 0 Å². The highest BCUT2D eigenvalue weighted by Gasteiger charge is 2.20. The van der Waals surface area contributed by atoms with E-state index >= 15 is 0 Å². The lowest BCUT2D eigenvalue weighted by Gasteiger charge is -2.00. The van der Waals surface area contributed by atoms with Crippen molar-refractivity contribution in [3.05, 3.63) is 65.6 Å². The fraction of sp³-hybridized carbons (Fsp3) is 0. The predicted molar refractivity (Wildman–Crippen MR) is 59.1 cm³/mol. The molecule has 1 heteroatoms. The van der Waals surface area contributed by atoms with E-state index in [-0.39, 0.29) is 0 Å². The second kappa shape index (κ2) is 2.96. The van der Waals surface area contributed by atoms with Gasteiger partial charge in [-0.3, -0.25) is 0 Å². The highest BCUT2D eigenvalue weighted by atomic mass is 14.3. The number of nitriles is 1. The Kier molecular flexibility index (Phi) is 1.63. The van der Waals surface area contributed by atoms with E-state index in [9.17, 15) is 0 Å². The number of rotatable bonds is 0. The van der Waals surface area contributed by atoms with E-state index in [4.69, 9.17) is 5.26 Å². The van der Waals surface area contributed by atoms with Crippen molar-refractivity contribution in [2.24, 2.45) is 0 Å². The number of fused-ring (bicyclic) bond motifs is 3. The van der Waals surface area contributed by atoms with Crippen LogP contribution >= 0.6 is 0 Å². The molecule has 0 heterocycles. The van der Waals surface area contributed by atoms with E-state index in [1.54, 1.807) is 0 Å². The van der Waals surface area contributed by atoms with E-state index in [1.165, 1.54) is 16.7 Å². The van der Waals surface area contributed by atoms with Crippen LogP contribution in [-0.2, 0) is 0 Å². The summed E-state index contributed by atoms with van der Waals surface area (Å²) in [6.07, 6.45) is 2.09. The zero-order chi connectivity index (χ0) is 10.3. The Morgan fingerprint density at radius 2 is 1.67 bits per heavy atom. The van der Waals surface area contributed by atoms with Gasteiger partial charge in [0.1, 0.15) is 0 Å². The lowest BCUT2D eigenvalue weighted by Crippen LogP contribution is -1.84. The molecule has 15 heavy (non-hydrogen) atoms. The molecule has 0 spiro atoms. The van der Waals surface area contributed by atoms with Gasteiger partial charge in [-0.25, -0.2) is 0 Å². The summed E-state index contributed by atoms with van der Waals surface area (Å²) in [5.41, 5.74) is 5.41. The van der Waals surface area contributed by atoms with Gasteiger partial charge in [-0.2, -0.15) is 5.26 Å². The molecule has 0 aromatic heterocycles. The van der Waals surface area contributed by atoms with Crippen molar-refractivity contribution in [3.63, 3.8) is 0 Å². The first-order chi connectivity index (χ1) is 7.40. The molecule has 1 radical (unpaired) electrons. The molecule has 0 saturated carbocycles. The third-order valence-corrected chi connectivity index (χ3v) is 2.78. The van der Waals surface area contributed by atoms with E-state index in [0.29, 0.717) is 0 Å². The van der Waals surface area contributed by atoms with Crippen molar-refractivity contribution >= 4 is 0 Å². The van der Waals surface area contributed by atoms with Crippen molar-refractivity contribution in [2.45, 2.75) is 0 Å². The van der Waals surface area contributed by atoms with Gasteiger partial charge in [0.05, 0.1) is 11.6 Å². The van der Waals surface area contributed by atoms with Crippen molar-refractivity contribution in [1.29, 1.82) is 5.26 Å². The fourth-order valence-corrected chi connectivity index (χ4v) is 2.08. The highest BCUT2D eigenvalue weighted by molar-refractivity contribution is 5.83. The third kappa shape index (κ3) is 1.08. The van der Waals surface area contributed by atoms with Crippen molar-refractivity contribution in [3.8, 4) is 17.2 Å². The van der Waals surface area contributed by atoms with Gasteiger partial charge in [0.25, 0.3) is 0 Å². The molecule has 0 amide bonds. The van der Waals surface area contributed by atoms with Crippen LogP contribution in [0.25, 0.3) is 11.1 Å². The summed E-state index contributed by atoms with van der Waals surface area (Å²) < 4.78 is 0. The second-order valence-corrected chi connectivity index (χ2v) is 3.61. The zero-order valence-corrected chi connectivity index (χ0v) is 8.07. The molecular weight excluding hydrogens is 182 g/mol. The average molecular weight is 190 g/mol. The molecule has 0 N–H and O–H groups in total. The molecule has 3 rings (SSSR count). The summed E-state index contributed by atoms with van der Waals surface area (Å²) in [4.78, 5) is 0. The average Bonchev–Trinajstić information content (AvgIpc) is 2.67. The second-order valence-electron chi connectivity index (χ2n) is 3.61. The molecule has 0 fully saturated rings. The molecule has 69 valence electrons.